The van der Waals surface area contributed by atoms with Gasteiger partial charge in [-0.3, -0.25) is 0 Å². The molecule has 2 aliphatic rings. The highest BCUT2D eigenvalue weighted by Gasteiger charge is 2.35. The third-order valence-corrected chi connectivity index (χ3v) is 4.30. The summed E-state index contributed by atoms with van der Waals surface area (Å²) >= 11 is 0. The Balaban J connectivity index is 0.00000121. The number of rotatable bonds is 1. The molecular formula is C17H18ClNO. The van der Waals surface area contributed by atoms with E-state index >= 15 is 0 Å². The molecule has 1 saturated heterocycles. The fourth-order valence-corrected chi connectivity index (χ4v) is 3.33. The lowest BCUT2D eigenvalue weighted by Gasteiger charge is -2.29. The first-order valence-electron chi connectivity index (χ1n) is 6.93. The molecule has 0 aromatic heterocycles. The van der Waals surface area contributed by atoms with Crippen LogP contribution in [-0.2, 0) is 11.3 Å². The van der Waals surface area contributed by atoms with Gasteiger partial charge >= 0.3 is 0 Å². The number of hydrogen-bond acceptors (Lipinski definition) is 2. The molecule has 2 aromatic carbocycles. The SMILES string of the molecule is Cl.c1ccc(-c2cccc3c2CO[C@@H]2CNC[C@H]32)cc1. The van der Waals surface area contributed by atoms with Gasteiger partial charge < -0.3 is 10.1 Å². The number of halogens is 1. The van der Waals surface area contributed by atoms with Crippen LogP contribution in [0.15, 0.2) is 48.5 Å². The Morgan fingerprint density at radius 3 is 2.65 bits per heavy atom. The van der Waals surface area contributed by atoms with Crippen molar-refractivity contribution in [2.24, 2.45) is 0 Å². The van der Waals surface area contributed by atoms with Crippen molar-refractivity contribution in [2.75, 3.05) is 13.1 Å². The fourth-order valence-electron chi connectivity index (χ4n) is 3.33. The largest absolute Gasteiger partial charge is 0.371 e. The minimum absolute atomic E-state index is 0. The van der Waals surface area contributed by atoms with Crippen molar-refractivity contribution in [2.45, 2.75) is 18.6 Å². The molecule has 2 aromatic rings. The van der Waals surface area contributed by atoms with E-state index < -0.39 is 0 Å². The molecule has 2 atom stereocenters. The van der Waals surface area contributed by atoms with E-state index in [1.165, 1.54) is 22.3 Å². The molecule has 3 heteroatoms. The summed E-state index contributed by atoms with van der Waals surface area (Å²) in [6.45, 7) is 2.76. The summed E-state index contributed by atoms with van der Waals surface area (Å²) in [4.78, 5) is 0. The quantitative estimate of drug-likeness (QED) is 0.868. The molecule has 0 amide bonds. The van der Waals surface area contributed by atoms with Crippen LogP contribution in [0.4, 0.5) is 0 Å². The van der Waals surface area contributed by atoms with Gasteiger partial charge in [-0.05, 0) is 22.3 Å². The summed E-state index contributed by atoms with van der Waals surface area (Å²) < 4.78 is 6.03. The van der Waals surface area contributed by atoms with Crippen LogP contribution in [0.3, 0.4) is 0 Å². The van der Waals surface area contributed by atoms with Crippen LogP contribution in [0.2, 0.25) is 0 Å². The summed E-state index contributed by atoms with van der Waals surface area (Å²) in [5.74, 6) is 0.521. The van der Waals surface area contributed by atoms with Crippen molar-refractivity contribution in [3.05, 3.63) is 59.7 Å². The molecule has 2 heterocycles. The maximum absolute atomic E-state index is 6.03. The molecule has 1 fully saturated rings. The summed E-state index contributed by atoms with van der Waals surface area (Å²) in [6, 6.07) is 17.3. The fraction of sp³-hybridized carbons (Fsp3) is 0.294. The minimum Gasteiger partial charge on any atom is -0.371 e. The van der Waals surface area contributed by atoms with E-state index in [1.807, 2.05) is 0 Å². The molecule has 0 bridgehead atoms. The standard InChI is InChI=1S/C17H17NO.ClH/c1-2-5-12(6-3-1)13-7-4-8-14-15-9-18-10-17(15)19-11-16(13)14;/h1-8,15,17-18H,9-11H2;1H/t15-,17-;/m1./s1. The van der Waals surface area contributed by atoms with Gasteiger partial charge in [0.15, 0.2) is 0 Å². The maximum Gasteiger partial charge on any atom is 0.0784 e. The van der Waals surface area contributed by atoms with Crippen molar-refractivity contribution < 1.29 is 4.74 Å². The average Bonchev–Trinajstić information content (AvgIpc) is 2.96. The summed E-state index contributed by atoms with van der Waals surface area (Å²) in [5, 5.41) is 3.44. The lowest BCUT2D eigenvalue weighted by atomic mass is 9.85. The molecule has 0 aliphatic carbocycles. The van der Waals surface area contributed by atoms with Gasteiger partial charge in [0.05, 0.1) is 12.7 Å². The molecule has 20 heavy (non-hydrogen) atoms. The lowest BCUT2D eigenvalue weighted by molar-refractivity contribution is 0.0303. The molecule has 2 nitrogen and oxygen atoms in total. The number of ether oxygens (including phenoxy) is 1. The minimum atomic E-state index is 0. The van der Waals surface area contributed by atoms with Crippen LogP contribution in [0, 0.1) is 0 Å². The summed E-state index contributed by atoms with van der Waals surface area (Å²) in [7, 11) is 0. The van der Waals surface area contributed by atoms with Crippen molar-refractivity contribution in [3.63, 3.8) is 0 Å². The van der Waals surface area contributed by atoms with Crippen molar-refractivity contribution in [1.82, 2.24) is 5.32 Å². The van der Waals surface area contributed by atoms with E-state index in [0.717, 1.165) is 19.7 Å². The zero-order valence-electron chi connectivity index (χ0n) is 11.2. The van der Waals surface area contributed by atoms with E-state index in [2.05, 4.69) is 53.8 Å². The second-order valence-corrected chi connectivity index (χ2v) is 5.35. The van der Waals surface area contributed by atoms with E-state index in [1.54, 1.807) is 0 Å². The van der Waals surface area contributed by atoms with E-state index in [9.17, 15) is 0 Å². The molecule has 0 radical (unpaired) electrons. The number of benzene rings is 2. The van der Waals surface area contributed by atoms with Crippen LogP contribution < -0.4 is 5.32 Å². The summed E-state index contributed by atoms with van der Waals surface area (Å²) in [6.07, 6.45) is 0.360. The zero-order chi connectivity index (χ0) is 12.7. The highest BCUT2D eigenvalue weighted by molar-refractivity contribution is 5.85. The first-order valence-corrected chi connectivity index (χ1v) is 6.93. The monoisotopic (exact) mass is 287 g/mol. The Kier molecular flexibility index (Phi) is 3.79. The van der Waals surface area contributed by atoms with E-state index in [4.69, 9.17) is 4.74 Å². The van der Waals surface area contributed by atoms with Crippen LogP contribution in [0.1, 0.15) is 17.0 Å². The van der Waals surface area contributed by atoms with Crippen LogP contribution in [0.25, 0.3) is 11.1 Å². The number of nitrogens with one attached hydrogen (secondary N) is 1. The molecule has 0 spiro atoms. The topological polar surface area (TPSA) is 21.3 Å². The van der Waals surface area contributed by atoms with Crippen LogP contribution in [-0.4, -0.2) is 19.2 Å². The predicted molar refractivity (Wildman–Crippen MR) is 83.3 cm³/mol. The highest BCUT2D eigenvalue weighted by atomic mass is 35.5. The Labute approximate surface area is 125 Å². The lowest BCUT2D eigenvalue weighted by Crippen LogP contribution is -2.27. The third-order valence-electron chi connectivity index (χ3n) is 4.30. The van der Waals surface area contributed by atoms with Gasteiger partial charge in [-0.15, -0.1) is 12.4 Å². The van der Waals surface area contributed by atoms with Crippen molar-refractivity contribution in [3.8, 4) is 11.1 Å². The number of hydrogen-bond donors (Lipinski definition) is 1. The molecule has 104 valence electrons. The van der Waals surface area contributed by atoms with E-state index in [0.29, 0.717) is 12.0 Å². The van der Waals surface area contributed by atoms with E-state index in [-0.39, 0.29) is 12.4 Å². The van der Waals surface area contributed by atoms with Gasteiger partial charge in [0.2, 0.25) is 0 Å². The highest BCUT2D eigenvalue weighted by Crippen LogP contribution is 2.38. The third kappa shape index (κ3) is 2.14. The summed E-state index contributed by atoms with van der Waals surface area (Å²) in [5.41, 5.74) is 5.46. The molecule has 2 aliphatic heterocycles. The normalized spacial score (nSPS) is 23.6. The first-order chi connectivity index (χ1) is 9.43. The zero-order valence-corrected chi connectivity index (χ0v) is 12.0. The second kappa shape index (κ2) is 5.57. The van der Waals surface area contributed by atoms with Crippen LogP contribution >= 0.6 is 12.4 Å². The van der Waals surface area contributed by atoms with Gasteiger partial charge in [0.1, 0.15) is 0 Å². The average molecular weight is 288 g/mol. The Morgan fingerprint density at radius 1 is 0.950 bits per heavy atom. The molecule has 0 saturated carbocycles. The maximum atomic E-state index is 6.03. The Hall–Kier alpha value is -1.35. The second-order valence-electron chi connectivity index (χ2n) is 5.35. The molecular weight excluding hydrogens is 270 g/mol. The Morgan fingerprint density at radius 2 is 1.80 bits per heavy atom. The van der Waals surface area contributed by atoms with Gasteiger partial charge in [0, 0.05) is 19.0 Å². The number of fused-ring (bicyclic) bond motifs is 3. The molecule has 1 N–H and O–H groups in total. The van der Waals surface area contributed by atoms with Gasteiger partial charge in [0.25, 0.3) is 0 Å². The van der Waals surface area contributed by atoms with Crippen molar-refractivity contribution >= 4 is 12.4 Å². The smallest absolute Gasteiger partial charge is 0.0784 e. The van der Waals surface area contributed by atoms with Gasteiger partial charge in [-0.25, -0.2) is 0 Å². The van der Waals surface area contributed by atoms with Gasteiger partial charge in [-0.2, -0.15) is 0 Å². The molecule has 0 unspecified atom stereocenters. The van der Waals surface area contributed by atoms with Crippen LogP contribution in [0.5, 0.6) is 0 Å². The van der Waals surface area contributed by atoms with Crippen molar-refractivity contribution in [1.29, 1.82) is 0 Å². The predicted octanol–water partition coefficient (Wildman–Crippen LogP) is 3.36. The Bertz CT molecular complexity index is 599. The molecule has 4 rings (SSSR count). The first kappa shape index (κ1) is 13.6. The van der Waals surface area contributed by atoms with Gasteiger partial charge in [-0.1, -0.05) is 48.5 Å².